The Labute approximate surface area is 82.4 Å². The summed E-state index contributed by atoms with van der Waals surface area (Å²) in [5, 5.41) is 26.5. The van der Waals surface area contributed by atoms with Gasteiger partial charge in [0, 0.05) is 6.61 Å². The van der Waals surface area contributed by atoms with Crippen molar-refractivity contribution in [3.05, 3.63) is 0 Å². The molecule has 5 nitrogen and oxygen atoms in total. The molecule has 3 atom stereocenters. The maximum atomic E-state index is 10.8. The summed E-state index contributed by atoms with van der Waals surface area (Å²) in [6, 6.07) is 0. The zero-order valence-electron chi connectivity index (χ0n) is 8.30. The summed E-state index contributed by atoms with van der Waals surface area (Å²) in [5.74, 6) is -4.82. The summed E-state index contributed by atoms with van der Waals surface area (Å²) in [7, 11) is 0. The first-order valence-corrected chi connectivity index (χ1v) is 4.52. The Morgan fingerprint density at radius 1 is 1.21 bits per heavy atom. The molecule has 0 saturated carbocycles. The van der Waals surface area contributed by atoms with Crippen molar-refractivity contribution in [3.63, 3.8) is 0 Å². The molecule has 0 amide bonds. The zero-order valence-corrected chi connectivity index (χ0v) is 8.30. The van der Waals surface area contributed by atoms with Gasteiger partial charge in [0.05, 0.1) is 11.8 Å². The summed E-state index contributed by atoms with van der Waals surface area (Å²) in [5.41, 5.74) is 0. The number of aliphatic hydroxyl groups is 1. The first-order valence-electron chi connectivity index (χ1n) is 4.52. The highest BCUT2D eigenvalue weighted by atomic mass is 16.4. The fourth-order valence-electron chi connectivity index (χ4n) is 1.47. The van der Waals surface area contributed by atoms with Crippen molar-refractivity contribution in [2.24, 2.45) is 17.8 Å². The standard InChI is InChI=1S/C9H16O5/c1-3-6(4-10)7(9(13)14)5(2)8(11)12/h5-7,10H,3-4H2,1-2H3,(H,11,12)(H,13,14). The SMILES string of the molecule is CCC(CO)C(C(=O)O)C(C)C(=O)O. The van der Waals surface area contributed by atoms with Crippen LogP contribution in [0.25, 0.3) is 0 Å². The normalized spacial score (nSPS) is 17.1. The van der Waals surface area contributed by atoms with Crippen LogP contribution in [-0.4, -0.2) is 33.9 Å². The number of aliphatic hydroxyl groups excluding tert-OH is 1. The Balaban J connectivity index is 4.74. The van der Waals surface area contributed by atoms with Gasteiger partial charge in [0.2, 0.25) is 0 Å². The van der Waals surface area contributed by atoms with Crippen LogP contribution in [-0.2, 0) is 9.59 Å². The molecule has 5 heteroatoms. The summed E-state index contributed by atoms with van der Waals surface area (Å²) >= 11 is 0. The zero-order chi connectivity index (χ0) is 11.3. The molecule has 0 bridgehead atoms. The first-order chi connectivity index (χ1) is 6.45. The molecule has 0 fully saturated rings. The lowest BCUT2D eigenvalue weighted by molar-refractivity contribution is -0.156. The van der Waals surface area contributed by atoms with E-state index in [1.165, 1.54) is 6.92 Å². The van der Waals surface area contributed by atoms with Gasteiger partial charge in [0.15, 0.2) is 0 Å². The second-order valence-corrected chi connectivity index (χ2v) is 3.34. The summed E-state index contributed by atoms with van der Waals surface area (Å²) in [6.45, 7) is 2.77. The molecule has 0 saturated heterocycles. The van der Waals surface area contributed by atoms with Crippen LogP contribution in [0.3, 0.4) is 0 Å². The number of hydrogen-bond donors (Lipinski definition) is 3. The topological polar surface area (TPSA) is 94.8 Å². The van der Waals surface area contributed by atoms with Crippen LogP contribution in [0, 0.1) is 17.8 Å². The third-order valence-corrected chi connectivity index (χ3v) is 2.48. The van der Waals surface area contributed by atoms with Crippen molar-refractivity contribution in [2.75, 3.05) is 6.61 Å². The first kappa shape index (κ1) is 12.9. The van der Waals surface area contributed by atoms with E-state index in [2.05, 4.69) is 0 Å². The van der Waals surface area contributed by atoms with Crippen molar-refractivity contribution in [1.82, 2.24) is 0 Å². The molecule has 0 aromatic carbocycles. The van der Waals surface area contributed by atoms with Crippen LogP contribution in [0.5, 0.6) is 0 Å². The van der Waals surface area contributed by atoms with Gasteiger partial charge >= 0.3 is 11.9 Å². The van der Waals surface area contributed by atoms with E-state index in [4.69, 9.17) is 15.3 Å². The van der Waals surface area contributed by atoms with Gasteiger partial charge in [-0.2, -0.15) is 0 Å². The lowest BCUT2D eigenvalue weighted by atomic mass is 9.81. The van der Waals surface area contributed by atoms with Gasteiger partial charge in [-0.15, -0.1) is 0 Å². The van der Waals surface area contributed by atoms with E-state index in [1.54, 1.807) is 6.92 Å². The van der Waals surface area contributed by atoms with E-state index in [0.717, 1.165) is 0 Å². The lowest BCUT2D eigenvalue weighted by Crippen LogP contribution is -2.35. The Morgan fingerprint density at radius 3 is 1.93 bits per heavy atom. The van der Waals surface area contributed by atoms with Gasteiger partial charge in [0.1, 0.15) is 0 Å². The third kappa shape index (κ3) is 2.99. The molecule has 14 heavy (non-hydrogen) atoms. The minimum atomic E-state index is -1.17. The molecule has 0 radical (unpaired) electrons. The van der Waals surface area contributed by atoms with Gasteiger partial charge in [-0.1, -0.05) is 20.3 Å². The number of hydrogen-bond acceptors (Lipinski definition) is 3. The number of carbonyl (C=O) groups is 2. The molecule has 0 aliphatic rings. The van der Waals surface area contributed by atoms with E-state index >= 15 is 0 Å². The van der Waals surface area contributed by atoms with Crippen molar-refractivity contribution < 1.29 is 24.9 Å². The monoisotopic (exact) mass is 204 g/mol. The quantitative estimate of drug-likeness (QED) is 0.583. The highest BCUT2D eigenvalue weighted by Crippen LogP contribution is 2.24. The van der Waals surface area contributed by atoms with Crippen LogP contribution in [0.15, 0.2) is 0 Å². The fourth-order valence-corrected chi connectivity index (χ4v) is 1.47. The Hall–Kier alpha value is -1.10. The molecule has 0 rings (SSSR count). The molecule has 0 aromatic rings. The average molecular weight is 204 g/mol. The smallest absolute Gasteiger partial charge is 0.307 e. The third-order valence-electron chi connectivity index (χ3n) is 2.48. The molecule has 3 N–H and O–H groups in total. The van der Waals surface area contributed by atoms with Crippen molar-refractivity contribution in [1.29, 1.82) is 0 Å². The summed E-state index contributed by atoms with van der Waals surface area (Å²) < 4.78 is 0. The van der Waals surface area contributed by atoms with Crippen LogP contribution >= 0.6 is 0 Å². The summed E-state index contributed by atoms with van der Waals surface area (Å²) in [4.78, 5) is 21.5. The Morgan fingerprint density at radius 2 is 1.71 bits per heavy atom. The maximum absolute atomic E-state index is 10.8. The number of rotatable bonds is 6. The molecule has 82 valence electrons. The van der Waals surface area contributed by atoms with E-state index in [-0.39, 0.29) is 6.61 Å². The Kier molecular flexibility index (Phi) is 5.15. The molecule has 0 aliphatic carbocycles. The van der Waals surface area contributed by atoms with Crippen LogP contribution in [0.2, 0.25) is 0 Å². The number of carboxylic acids is 2. The van der Waals surface area contributed by atoms with E-state index in [1.807, 2.05) is 0 Å². The molecular formula is C9H16O5. The second kappa shape index (κ2) is 5.59. The van der Waals surface area contributed by atoms with Crippen molar-refractivity contribution in [3.8, 4) is 0 Å². The molecule has 0 heterocycles. The van der Waals surface area contributed by atoms with E-state index in [9.17, 15) is 9.59 Å². The van der Waals surface area contributed by atoms with Gasteiger partial charge < -0.3 is 15.3 Å². The van der Waals surface area contributed by atoms with Gasteiger partial charge in [-0.25, -0.2) is 0 Å². The predicted octanol–water partition coefficient (Wildman–Crippen LogP) is 0.426. The number of carboxylic acid groups (broad SMARTS) is 2. The van der Waals surface area contributed by atoms with E-state index < -0.39 is 29.7 Å². The second-order valence-electron chi connectivity index (χ2n) is 3.34. The van der Waals surface area contributed by atoms with E-state index in [0.29, 0.717) is 6.42 Å². The van der Waals surface area contributed by atoms with Crippen LogP contribution in [0.4, 0.5) is 0 Å². The molecule has 0 aliphatic heterocycles. The van der Waals surface area contributed by atoms with Crippen molar-refractivity contribution >= 4 is 11.9 Å². The summed E-state index contributed by atoms with van der Waals surface area (Å²) in [6.07, 6.45) is 0.449. The highest BCUT2D eigenvalue weighted by molar-refractivity contribution is 5.79. The minimum absolute atomic E-state index is 0.301. The highest BCUT2D eigenvalue weighted by Gasteiger charge is 2.35. The van der Waals surface area contributed by atoms with Crippen molar-refractivity contribution in [2.45, 2.75) is 20.3 Å². The lowest BCUT2D eigenvalue weighted by Gasteiger charge is -2.23. The Bertz CT molecular complexity index is 209. The van der Waals surface area contributed by atoms with Crippen LogP contribution in [0.1, 0.15) is 20.3 Å². The fraction of sp³-hybridized carbons (Fsp3) is 0.778. The largest absolute Gasteiger partial charge is 0.481 e. The molecular weight excluding hydrogens is 188 g/mol. The minimum Gasteiger partial charge on any atom is -0.481 e. The van der Waals surface area contributed by atoms with Crippen LogP contribution < -0.4 is 0 Å². The molecule has 0 aromatic heterocycles. The van der Waals surface area contributed by atoms with Gasteiger partial charge in [-0.05, 0) is 5.92 Å². The van der Waals surface area contributed by atoms with Gasteiger partial charge in [-0.3, -0.25) is 9.59 Å². The predicted molar refractivity (Wildman–Crippen MR) is 48.8 cm³/mol. The molecule has 3 unspecified atom stereocenters. The maximum Gasteiger partial charge on any atom is 0.307 e. The number of aliphatic carboxylic acids is 2. The molecule has 0 spiro atoms. The van der Waals surface area contributed by atoms with Gasteiger partial charge in [0.25, 0.3) is 0 Å². The average Bonchev–Trinajstić information content (AvgIpc) is 2.12.